The third kappa shape index (κ3) is 4.35. The average Bonchev–Trinajstić information content (AvgIpc) is 3.68. The highest BCUT2D eigenvalue weighted by atomic mass is 32.2. The van der Waals surface area contributed by atoms with Gasteiger partial charge in [0.1, 0.15) is 23.4 Å². The number of sulfone groups is 1. The number of pyridine rings is 1. The maximum atomic E-state index is 13.3. The molecule has 0 saturated carbocycles. The molecule has 3 saturated heterocycles. The number of rotatable bonds is 5. The monoisotopic (exact) mass is 587 g/mol. The Hall–Kier alpha value is -4.52. The molecule has 13 heteroatoms. The van der Waals surface area contributed by atoms with Crippen LogP contribution in [0.5, 0.6) is 0 Å². The molecule has 2 bridgehead atoms. The molecule has 7 rings (SSSR count). The van der Waals surface area contributed by atoms with E-state index in [-0.39, 0.29) is 41.2 Å². The number of nitrogens with two attached hydrogens (primary N) is 1. The summed E-state index contributed by atoms with van der Waals surface area (Å²) in [6.07, 6.45) is 6.55. The molecule has 0 aliphatic carbocycles. The minimum atomic E-state index is -3.77. The van der Waals surface area contributed by atoms with Crippen molar-refractivity contribution in [3.63, 3.8) is 0 Å². The van der Waals surface area contributed by atoms with E-state index in [1.54, 1.807) is 12.4 Å². The van der Waals surface area contributed by atoms with Gasteiger partial charge in [0.05, 0.1) is 17.6 Å². The Morgan fingerprint density at radius 1 is 1.05 bits per heavy atom. The third-order valence-electron chi connectivity index (χ3n) is 8.52. The summed E-state index contributed by atoms with van der Waals surface area (Å²) in [4.78, 5) is 36.2. The molecule has 3 fully saturated rings. The van der Waals surface area contributed by atoms with E-state index in [4.69, 9.17) is 15.5 Å². The lowest BCUT2D eigenvalue weighted by atomic mass is 9.87. The van der Waals surface area contributed by atoms with Gasteiger partial charge < -0.3 is 20.7 Å². The van der Waals surface area contributed by atoms with E-state index in [2.05, 4.69) is 15.4 Å². The molecular weight excluding hydrogens is 558 g/mol. The van der Waals surface area contributed by atoms with Gasteiger partial charge >= 0.3 is 6.09 Å². The second kappa shape index (κ2) is 9.79. The summed E-state index contributed by atoms with van der Waals surface area (Å²) >= 11 is 0. The van der Waals surface area contributed by atoms with Crippen LogP contribution in [0.4, 0.5) is 10.6 Å². The molecule has 2 amide bonds. The Bertz CT molecular complexity index is 1810. The lowest BCUT2D eigenvalue weighted by molar-refractivity contribution is -0.137. The van der Waals surface area contributed by atoms with Crippen molar-refractivity contribution in [3.05, 3.63) is 60.6 Å². The number of cyclic esters (lactones) is 1. The normalized spacial score (nSPS) is 23.6. The molecule has 3 aliphatic heterocycles. The fourth-order valence-corrected chi connectivity index (χ4v) is 7.73. The highest BCUT2D eigenvalue weighted by molar-refractivity contribution is 7.91. The van der Waals surface area contributed by atoms with E-state index in [1.807, 2.05) is 47.4 Å². The molecular formula is C29H29N7O5S. The maximum absolute atomic E-state index is 13.3. The number of piperidine rings is 1. The lowest BCUT2D eigenvalue weighted by Gasteiger charge is -2.40. The number of nitrogen functional groups attached to an aromatic ring is 1. The minimum absolute atomic E-state index is 0.00860. The minimum Gasteiger partial charge on any atom is -0.447 e. The average molecular weight is 588 g/mol. The van der Waals surface area contributed by atoms with Gasteiger partial charge in [-0.25, -0.2) is 18.2 Å². The molecule has 1 unspecified atom stereocenters. The van der Waals surface area contributed by atoms with Crippen molar-refractivity contribution in [2.75, 3.05) is 18.6 Å². The predicted molar refractivity (Wildman–Crippen MR) is 153 cm³/mol. The summed E-state index contributed by atoms with van der Waals surface area (Å²) in [7, 11) is -3.77. The quantitative estimate of drug-likeness (QED) is 0.358. The first-order valence-corrected chi connectivity index (χ1v) is 15.7. The summed E-state index contributed by atoms with van der Waals surface area (Å²) in [5.74, 6) is -0.392. The molecule has 216 valence electrons. The van der Waals surface area contributed by atoms with Crippen LogP contribution in [-0.2, 0) is 19.4 Å². The zero-order valence-corrected chi connectivity index (χ0v) is 23.6. The molecule has 3 aliphatic rings. The Morgan fingerprint density at radius 2 is 1.79 bits per heavy atom. The van der Waals surface area contributed by atoms with Crippen LogP contribution < -0.4 is 11.1 Å². The first kappa shape index (κ1) is 26.4. The standard InChI is InChI=1S/C29H29N7O5S/c1-42(39,40)25-24(18-11-19-8-9-20(12-18)35(19)28(37)23-15-41-29(38)33-23)34-27-21(14-32-36(27)26(25)30)17-7-10-22(31-13-17)16-5-3-2-4-6-16/h2-7,10,13-14,18-20,23H,8-9,11-12,15,30H2,1H3,(H,33,38)/t18?,19-,20+,23-/m0/s1. The summed E-state index contributed by atoms with van der Waals surface area (Å²) in [6, 6.07) is 12.8. The number of carbonyl (C=O) groups is 2. The number of amides is 2. The fraction of sp³-hybridized carbons (Fsp3) is 0.345. The second-order valence-corrected chi connectivity index (χ2v) is 13.1. The van der Waals surface area contributed by atoms with E-state index < -0.39 is 22.0 Å². The number of fused-ring (bicyclic) bond motifs is 3. The Kier molecular flexibility index (Phi) is 6.15. The van der Waals surface area contributed by atoms with Crippen LogP contribution in [0.15, 0.2) is 59.8 Å². The van der Waals surface area contributed by atoms with Crippen molar-refractivity contribution >= 4 is 33.3 Å². The van der Waals surface area contributed by atoms with Crippen molar-refractivity contribution in [2.45, 2.75) is 54.6 Å². The Labute approximate surface area is 241 Å². The molecule has 4 atom stereocenters. The summed E-state index contributed by atoms with van der Waals surface area (Å²) in [6.45, 7) is 0.00912. The number of nitrogens with zero attached hydrogens (tertiary/aromatic N) is 5. The SMILES string of the molecule is CS(=O)(=O)c1c(C2C[C@H]3CC[C@@H](C2)N3C(=O)[C@@H]2COC(=O)N2)nc2c(-c3ccc(-c4ccccc4)nc3)cnn2c1N. The van der Waals surface area contributed by atoms with Crippen molar-refractivity contribution < 1.29 is 22.7 Å². The summed E-state index contributed by atoms with van der Waals surface area (Å²) in [5, 5.41) is 6.98. The van der Waals surface area contributed by atoms with Crippen LogP contribution in [0.2, 0.25) is 0 Å². The van der Waals surface area contributed by atoms with Gasteiger partial charge in [0.15, 0.2) is 15.5 Å². The Balaban J connectivity index is 1.26. The maximum Gasteiger partial charge on any atom is 0.407 e. The van der Waals surface area contributed by atoms with Gasteiger partial charge in [-0.05, 0) is 31.7 Å². The van der Waals surface area contributed by atoms with Gasteiger partial charge in [-0.1, -0.05) is 36.4 Å². The molecule has 42 heavy (non-hydrogen) atoms. The van der Waals surface area contributed by atoms with E-state index >= 15 is 0 Å². The van der Waals surface area contributed by atoms with Crippen molar-refractivity contribution in [2.24, 2.45) is 0 Å². The number of hydrogen-bond donors (Lipinski definition) is 2. The van der Waals surface area contributed by atoms with Crippen LogP contribution in [-0.4, -0.2) is 75.9 Å². The highest BCUT2D eigenvalue weighted by Gasteiger charge is 2.48. The topological polar surface area (TPSA) is 162 Å². The number of hydrogen-bond acceptors (Lipinski definition) is 9. The van der Waals surface area contributed by atoms with Crippen LogP contribution >= 0.6 is 0 Å². The van der Waals surface area contributed by atoms with E-state index in [1.165, 1.54) is 4.52 Å². The molecule has 4 aromatic rings. The van der Waals surface area contributed by atoms with Crippen LogP contribution in [0.25, 0.3) is 28.0 Å². The lowest BCUT2D eigenvalue weighted by Crippen LogP contribution is -2.53. The van der Waals surface area contributed by atoms with Crippen LogP contribution in [0, 0.1) is 0 Å². The van der Waals surface area contributed by atoms with Gasteiger partial charge in [0.25, 0.3) is 0 Å². The second-order valence-electron chi connectivity index (χ2n) is 11.2. The van der Waals surface area contributed by atoms with Gasteiger partial charge in [-0.2, -0.15) is 9.61 Å². The largest absolute Gasteiger partial charge is 0.447 e. The smallest absolute Gasteiger partial charge is 0.407 e. The molecule has 12 nitrogen and oxygen atoms in total. The third-order valence-corrected chi connectivity index (χ3v) is 9.68. The molecule has 3 aromatic heterocycles. The van der Waals surface area contributed by atoms with Crippen LogP contribution in [0.3, 0.4) is 0 Å². The van der Waals surface area contributed by atoms with Crippen molar-refractivity contribution in [1.82, 2.24) is 29.8 Å². The zero-order valence-electron chi connectivity index (χ0n) is 22.8. The predicted octanol–water partition coefficient (Wildman–Crippen LogP) is 2.79. The van der Waals surface area contributed by atoms with Gasteiger partial charge in [0, 0.05) is 47.1 Å². The first-order chi connectivity index (χ1) is 20.2. The molecule has 0 spiro atoms. The molecule has 1 aromatic carbocycles. The Morgan fingerprint density at radius 3 is 2.40 bits per heavy atom. The number of ether oxygens (including phenoxy) is 1. The number of benzene rings is 1. The summed E-state index contributed by atoms with van der Waals surface area (Å²) in [5.41, 5.74) is 10.6. The van der Waals surface area contributed by atoms with E-state index in [0.29, 0.717) is 29.7 Å². The van der Waals surface area contributed by atoms with E-state index in [9.17, 15) is 18.0 Å². The highest BCUT2D eigenvalue weighted by Crippen LogP contribution is 2.45. The molecule has 0 radical (unpaired) electrons. The molecule has 3 N–H and O–H groups in total. The number of nitrogens with one attached hydrogen (secondary N) is 1. The zero-order chi connectivity index (χ0) is 29.2. The molecule has 6 heterocycles. The summed E-state index contributed by atoms with van der Waals surface area (Å²) < 4.78 is 32.5. The van der Waals surface area contributed by atoms with Gasteiger partial charge in [-0.3, -0.25) is 9.78 Å². The van der Waals surface area contributed by atoms with Crippen LogP contribution in [0.1, 0.15) is 37.3 Å². The number of anilines is 1. The van der Waals surface area contributed by atoms with E-state index in [0.717, 1.165) is 35.9 Å². The van der Waals surface area contributed by atoms with Crippen molar-refractivity contribution in [1.29, 1.82) is 0 Å². The number of aromatic nitrogens is 4. The number of alkyl carbamates (subject to hydrolysis) is 1. The van der Waals surface area contributed by atoms with Gasteiger partial charge in [-0.15, -0.1) is 0 Å². The van der Waals surface area contributed by atoms with Gasteiger partial charge in [0.2, 0.25) is 5.91 Å². The fourth-order valence-electron chi connectivity index (χ4n) is 6.67. The first-order valence-electron chi connectivity index (χ1n) is 13.8. The van der Waals surface area contributed by atoms with Crippen molar-refractivity contribution in [3.8, 4) is 22.4 Å². The number of carbonyl (C=O) groups excluding carboxylic acids is 2.